The molecule has 0 unspecified atom stereocenters. The normalized spacial score (nSPS) is 14.7. The number of aromatic nitrogens is 1. The van der Waals surface area contributed by atoms with Crippen LogP contribution >= 0.6 is 0 Å². The van der Waals surface area contributed by atoms with Crippen LogP contribution in [-0.4, -0.2) is 34.0 Å². The van der Waals surface area contributed by atoms with Gasteiger partial charge in [0.25, 0.3) is 0 Å². The van der Waals surface area contributed by atoms with E-state index in [0.29, 0.717) is 24.4 Å². The molecule has 0 radical (unpaired) electrons. The Balaban J connectivity index is 1.89. The second kappa shape index (κ2) is 8.13. The standard InChI is InChI=1S/C26H22FNO4/c27-19-9-7-16(8-10-19)23-21-5-2-6-22(29)25(21)28(24(23)17-11-13-32-14-12-17)20-4-1-3-18(15-20)26(30)31/h1-10,15,17,29H,11-14H2,(H,30,31). The van der Waals surface area contributed by atoms with E-state index in [1.807, 2.05) is 16.7 Å². The first-order valence-electron chi connectivity index (χ1n) is 10.6. The Morgan fingerprint density at radius 1 is 1.00 bits per heavy atom. The Morgan fingerprint density at radius 2 is 1.72 bits per heavy atom. The highest BCUT2D eigenvalue weighted by atomic mass is 19.1. The maximum Gasteiger partial charge on any atom is 0.335 e. The first-order valence-corrected chi connectivity index (χ1v) is 10.6. The van der Waals surface area contributed by atoms with Crippen LogP contribution in [-0.2, 0) is 4.74 Å². The van der Waals surface area contributed by atoms with Crippen LogP contribution in [0.25, 0.3) is 27.7 Å². The van der Waals surface area contributed by atoms with Crippen LogP contribution in [0.5, 0.6) is 5.75 Å². The van der Waals surface area contributed by atoms with Gasteiger partial charge in [-0.3, -0.25) is 0 Å². The molecule has 4 aromatic rings. The Hall–Kier alpha value is -3.64. The molecule has 1 aliphatic heterocycles. The number of phenolic OH excluding ortho intramolecular Hbond substituents is 1. The number of aromatic carboxylic acids is 1. The van der Waals surface area contributed by atoms with Gasteiger partial charge in [-0.15, -0.1) is 0 Å². The van der Waals surface area contributed by atoms with Crippen molar-refractivity contribution in [3.05, 3.63) is 83.8 Å². The molecule has 5 rings (SSSR count). The quantitative estimate of drug-likeness (QED) is 0.433. The summed E-state index contributed by atoms with van der Waals surface area (Å²) in [7, 11) is 0. The van der Waals surface area contributed by atoms with Crippen molar-refractivity contribution in [3.63, 3.8) is 0 Å². The van der Waals surface area contributed by atoms with Gasteiger partial charge in [-0.05, 0) is 54.8 Å². The third-order valence-electron chi connectivity index (χ3n) is 6.10. The molecular weight excluding hydrogens is 409 g/mol. The summed E-state index contributed by atoms with van der Waals surface area (Å²) in [4.78, 5) is 11.6. The summed E-state index contributed by atoms with van der Waals surface area (Å²) in [5.74, 6) is -1.10. The van der Waals surface area contributed by atoms with E-state index in [-0.39, 0.29) is 23.0 Å². The Bertz CT molecular complexity index is 1300. The molecule has 0 spiro atoms. The van der Waals surface area contributed by atoms with Crippen molar-refractivity contribution in [2.75, 3.05) is 13.2 Å². The maximum absolute atomic E-state index is 13.7. The Labute approximate surface area is 184 Å². The first kappa shape index (κ1) is 20.3. The smallest absolute Gasteiger partial charge is 0.335 e. The van der Waals surface area contributed by atoms with Crippen LogP contribution in [0.4, 0.5) is 4.39 Å². The predicted molar refractivity (Wildman–Crippen MR) is 120 cm³/mol. The number of carbonyl (C=O) groups is 1. The molecule has 0 bridgehead atoms. The zero-order chi connectivity index (χ0) is 22.2. The number of halogens is 1. The number of nitrogens with zero attached hydrogens (tertiary/aromatic N) is 1. The average molecular weight is 431 g/mol. The number of fused-ring (bicyclic) bond motifs is 1. The molecule has 162 valence electrons. The topological polar surface area (TPSA) is 71.7 Å². The summed E-state index contributed by atoms with van der Waals surface area (Å²) in [6.07, 6.45) is 1.59. The number of rotatable bonds is 4. The van der Waals surface area contributed by atoms with Gasteiger partial charge in [0.2, 0.25) is 0 Å². The van der Waals surface area contributed by atoms with Crippen LogP contribution in [0.15, 0.2) is 66.7 Å². The summed E-state index contributed by atoms with van der Waals surface area (Å²) >= 11 is 0. The highest BCUT2D eigenvalue weighted by Gasteiger charge is 2.29. The van der Waals surface area contributed by atoms with Gasteiger partial charge < -0.3 is 19.5 Å². The molecule has 2 heterocycles. The maximum atomic E-state index is 13.7. The lowest BCUT2D eigenvalue weighted by atomic mass is 9.90. The minimum Gasteiger partial charge on any atom is -0.506 e. The first-order chi connectivity index (χ1) is 15.5. The van der Waals surface area contributed by atoms with Crippen molar-refractivity contribution in [1.82, 2.24) is 4.57 Å². The second-order valence-corrected chi connectivity index (χ2v) is 8.02. The van der Waals surface area contributed by atoms with E-state index in [9.17, 15) is 19.4 Å². The molecule has 5 nitrogen and oxygen atoms in total. The lowest BCUT2D eigenvalue weighted by Crippen LogP contribution is -2.17. The largest absolute Gasteiger partial charge is 0.506 e. The second-order valence-electron chi connectivity index (χ2n) is 8.02. The summed E-state index contributed by atoms with van der Waals surface area (Å²) in [6.45, 7) is 1.24. The third kappa shape index (κ3) is 3.42. The number of ether oxygens (including phenoxy) is 1. The number of benzene rings is 3. The van der Waals surface area contributed by atoms with Crippen molar-refractivity contribution in [2.24, 2.45) is 0 Å². The van der Waals surface area contributed by atoms with E-state index in [2.05, 4.69) is 0 Å². The van der Waals surface area contributed by atoms with Crippen LogP contribution in [0.1, 0.15) is 34.8 Å². The van der Waals surface area contributed by atoms with E-state index in [1.54, 1.807) is 42.5 Å². The fourth-order valence-corrected chi connectivity index (χ4v) is 4.66. The van der Waals surface area contributed by atoms with Crippen LogP contribution in [0.3, 0.4) is 0 Å². The van der Waals surface area contributed by atoms with Crippen molar-refractivity contribution in [2.45, 2.75) is 18.8 Å². The van der Waals surface area contributed by atoms with Gasteiger partial charge in [0, 0.05) is 41.5 Å². The van der Waals surface area contributed by atoms with Crippen molar-refractivity contribution < 1.29 is 24.1 Å². The molecule has 1 aliphatic rings. The predicted octanol–water partition coefficient (Wildman–Crippen LogP) is 5.73. The fourth-order valence-electron chi connectivity index (χ4n) is 4.66. The van der Waals surface area contributed by atoms with E-state index < -0.39 is 5.97 Å². The zero-order valence-electron chi connectivity index (χ0n) is 17.3. The SMILES string of the molecule is O=C(O)c1cccc(-n2c(C3CCOCC3)c(-c3ccc(F)cc3)c3cccc(O)c32)c1. The number of hydrogen-bond donors (Lipinski definition) is 2. The van der Waals surface area contributed by atoms with Gasteiger partial charge in [-0.2, -0.15) is 0 Å². The minimum atomic E-state index is -1.01. The van der Waals surface area contributed by atoms with Crippen LogP contribution in [0, 0.1) is 5.82 Å². The summed E-state index contributed by atoms with van der Waals surface area (Å²) in [6, 6.07) is 18.4. The fraction of sp³-hybridized carbons (Fsp3) is 0.192. The van der Waals surface area contributed by atoms with Gasteiger partial charge >= 0.3 is 5.97 Å². The number of para-hydroxylation sites is 1. The number of hydrogen-bond acceptors (Lipinski definition) is 3. The van der Waals surface area contributed by atoms with E-state index >= 15 is 0 Å². The molecule has 1 aromatic heterocycles. The number of aromatic hydroxyl groups is 1. The van der Waals surface area contributed by atoms with Crippen molar-refractivity contribution in [3.8, 4) is 22.6 Å². The molecule has 0 aliphatic carbocycles. The molecule has 1 fully saturated rings. The average Bonchev–Trinajstić information content (AvgIpc) is 3.17. The van der Waals surface area contributed by atoms with E-state index in [1.165, 1.54) is 12.1 Å². The van der Waals surface area contributed by atoms with Gasteiger partial charge in [0.1, 0.15) is 11.6 Å². The summed E-state index contributed by atoms with van der Waals surface area (Å²) in [5, 5.41) is 21.3. The van der Waals surface area contributed by atoms with Crippen LogP contribution < -0.4 is 0 Å². The molecule has 6 heteroatoms. The Morgan fingerprint density at radius 3 is 2.44 bits per heavy atom. The molecule has 3 aromatic carbocycles. The number of carboxylic acid groups (broad SMARTS) is 1. The van der Waals surface area contributed by atoms with Crippen LogP contribution in [0.2, 0.25) is 0 Å². The van der Waals surface area contributed by atoms with Gasteiger partial charge in [-0.1, -0.05) is 30.3 Å². The number of phenols is 1. The molecule has 32 heavy (non-hydrogen) atoms. The Kier molecular flexibility index (Phi) is 5.15. The van der Waals surface area contributed by atoms with Crippen molar-refractivity contribution >= 4 is 16.9 Å². The third-order valence-corrected chi connectivity index (χ3v) is 6.10. The monoisotopic (exact) mass is 431 g/mol. The molecular formula is C26H22FNO4. The molecule has 0 atom stereocenters. The van der Waals surface area contributed by atoms with E-state index in [0.717, 1.165) is 35.0 Å². The van der Waals surface area contributed by atoms with Gasteiger partial charge in [0.05, 0.1) is 11.1 Å². The highest BCUT2D eigenvalue weighted by molar-refractivity contribution is 6.02. The lowest BCUT2D eigenvalue weighted by Gasteiger charge is -2.26. The number of carboxylic acids is 1. The molecule has 1 saturated heterocycles. The molecule has 0 saturated carbocycles. The summed E-state index contributed by atoms with van der Waals surface area (Å²) in [5.41, 5.74) is 4.17. The van der Waals surface area contributed by atoms with E-state index in [4.69, 9.17) is 4.74 Å². The van der Waals surface area contributed by atoms with Gasteiger partial charge in [-0.25, -0.2) is 9.18 Å². The molecule has 2 N–H and O–H groups in total. The van der Waals surface area contributed by atoms with Gasteiger partial charge in [0.15, 0.2) is 0 Å². The van der Waals surface area contributed by atoms with Crippen molar-refractivity contribution in [1.29, 1.82) is 0 Å². The minimum absolute atomic E-state index is 0.102. The summed E-state index contributed by atoms with van der Waals surface area (Å²) < 4.78 is 21.3. The highest BCUT2D eigenvalue weighted by Crippen LogP contribution is 2.45. The molecule has 0 amide bonds. The zero-order valence-corrected chi connectivity index (χ0v) is 17.3. The lowest BCUT2D eigenvalue weighted by molar-refractivity contribution is 0.0697.